The fourth-order valence-electron chi connectivity index (χ4n) is 5.19. The minimum Gasteiger partial charge on any atom is -0.445 e. The van der Waals surface area contributed by atoms with E-state index in [0.717, 1.165) is 45.3 Å². The van der Waals surface area contributed by atoms with Crippen LogP contribution in [0.25, 0.3) is 0 Å². The number of hydrogen-bond donors (Lipinski definition) is 4. The van der Waals surface area contributed by atoms with Gasteiger partial charge >= 0.3 is 6.09 Å². The molecule has 2 amide bonds. The number of carbonyl (C=O) groups is 2. The van der Waals surface area contributed by atoms with Crippen LogP contribution in [0.1, 0.15) is 82.6 Å². The molecule has 1 aromatic rings. The summed E-state index contributed by atoms with van der Waals surface area (Å²) >= 11 is 0. The Kier molecular flexibility index (Phi) is 18.6. The van der Waals surface area contributed by atoms with E-state index in [4.69, 9.17) is 16.2 Å². The lowest BCUT2D eigenvalue weighted by atomic mass is 10.1. The lowest BCUT2D eigenvalue weighted by Crippen LogP contribution is -2.53. The van der Waals surface area contributed by atoms with Crippen LogP contribution in [0.5, 0.6) is 0 Å². The summed E-state index contributed by atoms with van der Waals surface area (Å²) < 4.78 is 5.15. The van der Waals surface area contributed by atoms with E-state index in [9.17, 15) is 29.8 Å². The monoisotopic (exact) mass is 649 g/mol. The second-order valence-electron chi connectivity index (χ2n) is 11.5. The van der Waals surface area contributed by atoms with Gasteiger partial charge in [-0.1, -0.05) is 51.4 Å². The van der Waals surface area contributed by atoms with Gasteiger partial charge in [-0.3, -0.25) is 19.8 Å². The zero-order valence-corrected chi connectivity index (χ0v) is 26.8. The van der Waals surface area contributed by atoms with E-state index in [1.54, 1.807) is 12.1 Å². The first-order chi connectivity index (χ1) is 22.2. The first-order valence-corrected chi connectivity index (χ1v) is 16.3. The second kappa shape index (κ2) is 22.5. The topological polar surface area (TPSA) is 225 Å². The summed E-state index contributed by atoms with van der Waals surface area (Å²) in [6.07, 6.45) is 12.1. The Balaban J connectivity index is 1.36. The lowest BCUT2D eigenvalue weighted by Gasteiger charge is -2.36. The Morgan fingerprint density at radius 1 is 0.848 bits per heavy atom. The van der Waals surface area contributed by atoms with Gasteiger partial charge in [-0.15, -0.1) is 0 Å². The minimum atomic E-state index is -0.868. The number of hydrazone groups is 1. The van der Waals surface area contributed by atoms with Gasteiger partial charge in [0.1, 0.15) is 11.7 Å². The number of alkyl carbamates (subject to hydrolysis) is 1. The highest BCUT2D eigenvalue weighted by atomic mass is 16.7. The molecule has 2 rings (SSSR count). The van der Waals surface area contributed by atoms with Gasteiger partial charge in [0, 0.05) is 51.4 Å². The Hall–Kier alpha value is -4.05. The summed E-state index contributed by atoms with van der Waals surface area (Å²) in [5.74, 6) is -0.319. The molecule has 1 fully saturated rings. The number of rotatable bonds is 22. The molecule has 1 aromatic carbocycles. The lowest BCUT2D eigenvalue weighted by molar-refractivity contribution is -0.485. The highest BCUT2D eigenvalue weighted by Gasteiger charge is 2.24. The van der Waals surface area contributed by atoms with Crippen molar-refractivity contribution in [2.75, 3.05) is 45.8 Å². The van der Waals surface area contributed by atoms with Crippen molar-refractivity contribution in [1.82, 2.24) is 20.4 Å². The molecule has 1 aliphatic rings. The highest BCUT2D eigenvalue weighted by molar-refractivity contribution is 5.81. The molecule has 0 aromatic heterocycles. The quantitative estimate of drug-likeness (QED) is 0.0469. The van der Waals surface area contributed by atoms with Gasteiger partial charge in [-0.05, 0) is 49.9 Å². The molecule has 1 atom stereocenters. The van der Waals surface area contributed by atoms with Gasteiger partial charge in [-0.25, -0.2) is 14.9 Å². The number of guanidine groups is 1. The van der Waals surface area contributed by atoms with Crippen molar-refractivity contribution in [1.29, 1.82) is 0 Å². The first kappa shape index (κ1) is 38.1. The van der Waals surface area contributed by atoms with Gasteiger partial charge in [0.15, 0.2) is 5.03 Å². The fourth-order valence-corrected chi connectivity index (χ4v) is 5.19. The molecule has 0 unspecified atom stereocenters. The number of nitrogens with two attached hydrogens (primary N) is 2. The minimum absolute atomic E-state index is 0.00424. The molecule has 1 heterocycles. The number of amides is 2. The molecule has 1 saturated heterocycles. The maximum absolute atomic E-state index is 12.7. The zero-order chi connectivity index (χ0) is 33.6. The third kappa shape index (κ3) is 16.9. The third-order valence-corrected chi connectivity index (χ3v) is 7.88. The van der Waals surface area contributed by atoms with Crippen molar-refractivity contribution < 1.29 is 24.3 Å². The molecule has 1 aliphatic heterocycles. The Morgan fingerprint density at radius 2 is 1.41 bits per heavy atom. The van der Waals surface area contributed by atoms with Crippen LogP contribution in [-0.4, -0.2) is 89.6 Å². The molecule has 16 nitrogen and oxygen atoms in total. The number of benzene rings is 1. The maximum atomic E-state index is 12.7. The van der Waals surface area contributed by atoms with Gasteiger partial charge in [0.2, 0.25) is 5.91 Å². The van der Waals surface area contributed by atoms with Crippen molar-refractivity contribution in [2.24, 2.45) is 16.6 Å². The van der Waals surface area contributed by atoms with Crippen LogP contribution in [0.4, 0.5) is 10.5 Å². The van der Waals surface area contributed by atoms with Crippen LogP contribution >= 0.6 is 0 Å². The van der Waals surface area contributed by atoms with Gasteiger partial charge in [0.25, 0.3) is 11.6 Å². The van der Waals surface area contributed by atoms with Gasteiger partial charge in [-0.2, -0.15) is 0 Å². The molecule has 0 bridgehead atoms. The van der Waals surface area contributed by atoms with Gasteiger partial charge in [0.05, 0.1) is 11.0 Å². The summed E-state index contributed by atoms with van der Waals surface area (Å²) in [4.78, 5) is 49.2. The number of hydrogen-bond acceptors (Lipinski definition) is 9. The number of nitro groups is 2. The number of carbonyl (C=O) groups excluding carboxylic acids is 2. The predicted octanol–water partition coefficient (Wildman–Crippen LogP) is 3.07. The van der Waals surface area contributed by atoms with Crippen LogP contribution in [0.3, 0.4) is 0 Å². The van der Waals surface area contributed by atoms with Crippen LogP contribution < -0.4 is 22.1 Å². The van der Waals surface area contributed by atoms with E-state index in [0.29, 0.717) is 44.6 Å². The number of nitrogens with zero attached hydrogens (tertiary/aromatic N) is 5. The number of nitrogens with one attached hydrogen (secondary N) is 2. The standard InChI is InChI=1S/C30H51N9O7/c31-27(12-11-18-33-29(32)35-39(44)45)28(40)37-22-20-36(21-23-37)19-10-8-6-4-2-1-3-5-7-9-17-34-30(41)46-24-25-13-15-26(16-14-25)38(42)43/h13-16,27H,1-12,17-24,31H2,(H,34,41)(H3,32,33,35)/t27-/m0/s1. The fraction of sp³-hybridized carbons (Fsp3) is 0.700. The van der Waals surface area contributed by atoms with Crippen molar-refractivity contribution in [3.63, 3.8) is 0 Å². The van der Waals surface area contributed by atoms with E-state index in [1.165, 1.54) is 50.7 Å². The number of piperazine rings is 1. The van der Waals surface area contributed by atoms with Crippen LogP contribution in [0.15, 0.2) is 29.4 Å². The van der Waals surface area contributed by atoms with Crippen molar-refractivity contribution in [3.8, 4) is 0 Å². The van der Waals surface area contributed by atoms with E-state index in [2.05, 4.69) is 20.6 Å². The average Bonchev–Trinajstić information content (AvgIpc) is 3.04. The first-order valence-electron chi connectivity index (χ1n) is 16.3. The SMILES string of the molecule is N/C(=N\[N+](=O)[O-])NCCC[C@H](N)C(=O)N1CCN(CCCCCCCCCCCCNC(=O)OCc2ccc([N+](=O)[O-])cc2)CC1. The summed E-state index contributed by atoms with van der Waals surface area (Å²) in [6.45, 7) is 5.11. The number of unbranched alkanes of at least 4 members (excludes halogenated alkanes) is 9. The molecule has 0 radical (unpaired) electrons. The highest BCUT2D eigenvalue weighted by Crippen LogP contribution is 2.14. The zero-order valence-electron chi connectivity index (χ0n) is 26.8. The number of non-ortho nitro benzene ring substituents is 1. The molecular weight excluding hydrogens is 598 g/mol. The van der Waals surface area contributed by atoms with Crippen molar-refractivity contribution in [3.05, 3.63) is 50.1 Å². The second-order valence-corrected chi connectivity index (χ2v) is 11.5. The molecule has 46 heavy (non-hydrogen) atoms. The third-order valence-electron chi connectivity index (χ3n) is 7.88. The summed E-state index contributed by atoms with van der Waals surface area (Å²) in [7, 11) is 0. The number of ether oxygens (including phenoxy) is 1. The van der Waals surface area contributed by atoms with Crippen LogP contribution in [0.2, 0.25) is 0 Å². The van der Waals surface area contributed by atoms with E-state index >= 15 is 0 Å². The predicted molar refractivity (Wildman–Crippen MR) is 174 cm³/mol. The Labute approximate surface area is 270 Å². The molecule has 258 valence electrons. The van der Waals surface area contributed by atoms with Crippen LogP contribution in [0, 0.1) is 20.2 Å². The maximum Gasteiger partial charge on any atom is 0.407 e. The Morgan fingerprint density at radius 3 is 2.00 bits per heavy atom. The molecule has 16 heteroatoms. The van der Waals surface area contributed by atoms with E-state index in [1.807, 2.05) is 4.90 Å². The number of nitro benzene ring substituents is 1. The van der Waals surface area contributed by atoms with Crippen molar-refractivity contribution >= 4 is 23.6 Å². The molecular formula is C30H51N9O7. The van der Waals surface area contributed by atoms with E-state index in [-0.39, 0.29) is 24.2 Å². The normalized spacial score (nSPS) is 14.5. The molecule has 0 spiro atoms. The van der Waals surface area contributed by atoms with Crippen LogP contribution in [-0.2, 0) is 16.1 Å². The summed E-state index contributed by atoms with van der Waals surface area (Å²) in [5.41, 5.74) is 12.1. The Bertz CT molecular complexity index is 1100. The molecule has 0 aliphatic carbocycles. The molecule has 0 saturated carbocycles. The smallest absolute Gasteiger partial charge is 0.407 e. The van der Waals surface area contributed by atoms with E-state index < -0.39 is 22.1 Å². The average molecular weight is 650 g/mol. The van der Waals surface area contributed by atoms with Gasteiger partial charge < -0.3 is 31.7 Å². The summed E-state index contributed by atoms with van der Waals surface area (Å²) in [6, 6.07) is 5.33. The summed E-state index contributed by atoms with van der Waals surface area (Å²) in [5, 5.41) is 28.4. The van der Waals surface area contributed by atoms with Crippen molar-refractivity contribution in [2.45, 2.75) is 89.7 Å². The molecule has 6 N–H and O–H groups in total. The largest absolute Gasteiger partial charge is 0.445 e.